The van der Waals surface area contributed by atoms with Crippen LogP contribution in [0.3, 0.4) is 0 Å². The van der Waals surface area contributed by atoms with E-state index in [0.29, 0.717) is 0 Å². The van der Waals surface area contributed by atoms with Crippen LogP contribution < -0.4 is 103 Å². The first-order valence-electron chi connectivity index (χ1n) is 1.49. The first-order valence-corrected chi connectivity index (χ1v) is 1.94. The van der Waals surface area contributed by atoms with Gasteiger partial charge in [0.15, 0.2) is 0 Å². The first-order chi connectivity index (χ1) is 3.27. The number of hydrogen-bond acceptors (Lipinski definition) is 4. The van der Waals surface area contributed by atoms with Gasteiger partial charge in [0.05, 0.1) is 0 Å². The number of carbonyl (C=O) groups is 1. The molecule has 0 radical (unpaired) electrons. The molecule has 0 spiro atoms. The third-order valence-corrected chi connectivity index (χ3v) is 0.269. The number of hydrogen-bond donors (Lipinski definition) is 0. The molecule has 0 rings (SSSR count). The molecule has 0 saturated heterocycles. The van der Waals surface area contributed by atoms with Gasteiger partial charge in [-0.1, -0.05) is 0 Å². The summed E-state index contributed by atoms with van der Waals surface area (Å²) in [7, 11) is 4.36. The molecule has 0 saturated carbocycles. The van der Waals surface area contributed by atoms with Crippen molar-refractivity contribution in [3.8, 4) is 0 Å². The maximum Gasteiger partial charge on any atom is 1.00 e. The van der Waals surface area contributed by atoms with Gasteiger partial charge in [-0.25, -0.2) is 0 Å². The molecule has 0 aliphatic carbocycles. The van der Waals surface area contributed by atoms with Crippen molar-refractivity contribution >= 4 is 15.9 Å². The van der Waals surface area contributed by atoms with Gasteiger partial charge in [0.25, 0.3) is 0 Å². The standard InChI is InChI=1S/C2H5NO3P.2K/c1-3(7)6-5-2-4;;/h2,7H,1H3;;/q-1;2*+1. The van der Waals surface area contributed by atoms with Crippen molar-refractivity contribution in [3.05, 3.63) is 0 Å². The molecule has 0 aliphatic heterocycles. The third kappa shape index (κ3) is 18.2. The monoisotopic (exact) mass is 200 g/mol. The summed E-state index contributed by atoms with van der Waals surface area (Å²) in [6.45, 7) is 0.177. The Kier molecular flexibility index (Phi) is 27.3. The van der Waals surface area contributed by atoms with E-state index in [4.69, 9.17) is 0 Å². The molecular weight excluding hydrogens is 195 g/mol. The maximum atomic E-state index is 9.31. The Labute approximate surface area is 141 Å². The molecule has 42 valence electrons. The summed E-state index contributed by atoms with van der Waals surface area (Å²) >= 11 is 0. The Morgan fingerprint density at radius 1 is 1.56 bits per heavy atom. The van der Waals surface area contributed by atoms with Crippen molar-refractivity contribution < 1.29 is 117 Å². The minimum absolute atomic E-state index is 0. The van der Waals surface area contributed by atoms with Crippen molar-refractivity contribution in [2.24, 2.45) is 0 Å². The van der Waals surface area contributed by atoms with E-state index in [0.717, 1.165) is 4.83 Å². The molecule has 0 fully saturated rings. The van der Waals surface area contributed by atoms with E-state index in [2.05, 4.69) is 19.3 Å². The second kappa shape index (κ2) is 13.7. The van der Waals surface area contributed by atoms with Crippen LogP contribution in [0.25, 0.3) is 0 Å². The van der Waals surface area contributed by atoms with Gasteiger partial charge in [-0.05, 0) is 7.05 Å². The topological polar surface area (TPSA) is 38.8 Å². The van der Waals surface area contributed by atoms with E-state index in [1.165, 1.54) is 7.05 Å². The van der Waals surface area contributed by atoms with Gasteiger partial charge in [0, 0.05) is 0 Å². The molecule has 0 aliphatic rings. The first kappa shape index (κ1) is 18.0. The summed E-state index contributed by atoms with van der Waals surface area (Å²) in [6.07, 6.45) is 0. The molecule has 0 aromatic heterocycles. The third-order valence-electron chi connectivity index (χ3n) is 0.194. The van der Waals surface area contributed by atoms with Crippen LogP contribution in [0.4, 0.5) is 0 Å². The molecule has 9 heavy (non-hydrogen) atoms. The molecule has 0 N–H and O–H groups in total. The number of carbonyl (C=O) groups excluding carboxylic acids is 1. The van der Waals surface area contributed by atoms with Crippen LogP contribution in [0.5, 0.6) is 0 Å². The molecule has 7 heteroatoms. The number of nitrogens with zero attached hydrogens (tertiary/aromatic N) is 1. The van der Waals surface area contributed by atoms with Gasteiger partial charge in [0.2, 0.25) is 0 Å². The molecule has 0 amide bonds. The SMILES string of the molecule is CN([PH-])OOC=O.[K+].[K+]. The van der Waals surface area contributed by atoms with E-state index >= 15 is 0 Å². The van der Waals surface area contributed by atoms with Crippen LogP contribution in [-0.2, 0) is 14.7 Å². The molecule has 4 nitrogen and oxygen atoms in total. The largest absolute Gasteiger partial charge is 1.00 e. The van der Waals surface area contributed by atoms with Crippen molar-refractivity contribution in [1.29, 1.82) is 0 Å². The van der Waals surface area contributed by atoms with Crippen molar-refractivity contribution in [2.45, 2.75) is 0 Å². The Balaban J connectivity index is -0.000000180. The van der Waals surface area contributed by atoms with Crippen LogP contribution in [0.15, 0.2) is 0 Å². The van der Waals surface area contributed by atoms with E-state index in [1.807, 2.05) is 0 Å². The zero-order chi connectivity index (χ0) is 5.70. The van der Waals surface area contributed by atoms with Gasteiger partial charge >= 0.3 is 109 Å². The molecule has 0 unspecified atom stereocenters. The number of hydroxylamine groups is 1. The average molecular weight is 200 g/mol. The second-order valence-electron chi connectivity index (χ2n) is 0.764. The second-order valence-corrected chi connectivity index (χ2v) is 1.39. The van der Waals surface area contributed by atoms with Gasteiger partial charge in [-0.2, -0.15) is 0 Å². The maximum absolute atomic E-state index is 9.31. The predicted molar refractivity (Wildman–Crippen MR) is 24.3 cm³/mol. The van der Waals surface area contributed by atoms with Gasteiger partial charge in [-0.3, -0.25) is 9.68 Å². The van der Waals surface area contributed by atoms with Crippen LogP contribution >= 0.6 is 9.39 Å². The minimum atomic E-state index is 0. The summed E-state index contributed by atoms with van der Waals surface area (Å²) in [6, 6.07) is 0. The zero-order valence-electron chi connectivity index (χ0n) is 5.75. The molecular formula is C2H5K2NO3P+. The minimum Gasteiger partial charge on any atom is -0.441 e. The normalized spacial score (nSPS) is 7.00. The Hall–Kier alpha value is 3.09. The predicted octanol–water partition coefficient (Wildman–Crippen LogP) is -6.00. The summed E-state index contributed by atoms with van der Waals surface area (Å²) in [5.41, 5.74) is 0. The van der Waals surface area contributed by atoms with Crippen LogP contribution in [-0.4, -0.2) is 18.4 Å². The van der Waals surface area contributed by atoms with Crippen LogP contribution in [0.2, 0.25) is 0 Å². The van der Waals surface area contributed by atoms with E-state index in [-0.39, 0.29) is 109 Å². The van der Waals surface area contributed by atoms with E-state index < -0.39 is 0 Å². The molecule has 0 bridgehead atoms. The molecule has 0 heterocycles. The van der Waals surface area contributed by atoms with E-state index in [9.17, 15) is 4.79 Å². The summed E-state index contributed by atoms with van der Waals surface area (Å²) in [4.78, 5) is 18.2. The number of rotatable bonds is 3. The molecule has 0 aromatic rings. The van der Waals surface area contributed by atoms with E-state index in [1.54, 1.807) is 0 Å². The smallest absolute Gasteiger partial charge is 0.441 e. The zero-order valence-corrected chi connectivity index (χ0v) is 13.0. The van der Waals surface area contributed by atoms with Gasteiger partial charge < -0.3 is 14.2 Å². The van der Waals surface area contributed by atoms with Crippen LogP contribution in [0, 0.1) is 0 Å². The summed E-state index contributed by atoms with van der Waals surface area (Å²) in [5, 5.41) is 0. The van der Waals surface area contributed by atoms with Crippen molar-refractivity contribution in [1.82, 2.24) is 4.83 Å². The van der Waals surface area contributed by atoms with Gasteiger partial charge in [-0.15, -0.1) is 4.99 Å². The van der Waals surface area contributed by atoms with Gasteiger partial charge in [0.1, 0.15) is 0 Å². The fourth-order valence-corrected chi connectivity index (χ4v) is 0.125. The molecule has 0 atom stereocenters. The molecule has 0 aromatic carbocycles. The van der Waals surface area contributed by atoms with Crippen LogP contribution in [0.1, 0.15) is 0 Å². The average Bonchev–Trinajstić information content (AvgIpc) is 1.61. The summed E-state index contributed by atoms with van der Waals surface area (Å²) in [5.74, 6) is 0. The Bertz CT molecular complexity index is 63.8. The fourth-order valence-electron chi connectivity index (χ4n) is 0.0821. The van der Waals surface area contributed by atoms with Crippen molar-refractivity contribution in [3.63, 3.8) is 0 Å². The Morgan fingerprint density at radius 2 is 2.00 bits per heavy atom. The van der Waals surface area contributed by atoms with Crippen molar-refractivity contribution in [2.75, 3.05) is 7.05 Å². The quantitative estimate of drug-likeness (QED) is 0.149. The fraction of sp³-hybridized carbons (Fsp3) is 0.500. The Morgan fingerprint density at radius 3 is 2.11 bits per heavy atom. The summed E-state index contributed by atoms with van der Waals surface area (Å²) < 4.78 is 0.